The molecule has 1 aliphatic carbocycles. The third kappa shape index (κ3) is 3.44. The van der Waals surface area contributed by atoms with E-state index >= 15 is 0 Å². The summed E-state index contributed by atoms with van der Waals surface area (Å²) in [5, 5.41) is 0.782. The molecule has 28 heavy (non-hydrogen) atoms. The summed E-state index contributed by atoms with van der Waals surface area (Å²) in [7, 11) is 1.63. The molecule has 1 N–H and O–H groups in total. The van der Waals surface area contributed by atoms with Gasteiger partial charge in [-0.3, -0.25) is 4.79 Å². The van der Waals surface area contributed by atoms with E-state index in [4.69, 9.17) is 14.5 Å². The van der Waals surface area contributed by atoms with Crippen LogP contribution < -0.4 is 15.0 Å². The summed E-state index contributed by atoms with van der Waals surface area (Å²) >= 11 is 3.21. The van der Waals surface area contributed by atoms with Gasteiger partial charge >= 0.3 is 0 Å². The zero-order valence-corrected chi connectivity index (χ0v) is 17.8. The molecule has 0 saturated heterocycles. The molecule has 0 amide bonds. The second kappa shape index (κ2) is 8.01. The zero-order valence-electron chi connectivity index (χ0n) is 16.1. The van der Waals surface area contributed by atoms with Crippen LogP contribution in [-0.4, -0.2) is 29.9 Å². The van der Waals surface area contributed by atoms with Gasteiger partial charge in [-0.15, -0.1) is 23.1 Å². The number of nitrogens with zero attached hydrogens (tertiary/aromatic N) is 1. The normalized spacial score (nSPS) is 13.8. The highest BCUT2D eigenvalue weighted by molar-refractivity contribution is 8.07. The number of aromatic amines is 1. The number of thioether (sulfide) groups is 1. The quantitative estimate of drug-likeness (QED) is 0.631. The lowest BCUT2D eigenvalue weighted by molar-refractivity contribution is 0.311. The molecule has 1 aromatic carbocycles. The van der Waals surface area contributed by atoms with Crippen LogP contribution >= 0.6 is 23.1 Å². The Balaban J connectivity index is 1.76. The van der Waals surface area contributed by atoms with Crippen molar-refractivity contribution < 1.29 is 9.47 Å². The van der Waals surface area contributed by atoms with Crippen LogP contribution in [0.1, 0.15) is 35.2 Å². The van der Waals surface area contributed by atoms with E-state index in [9.17, 15) is 4.79 Å². The van der Waals surface area contributed by atoms with Gasteiger partial charge in [0.05, 0.1) is 24.0 Å². The number of hydrogen-bond acceptors (Lipinski definition) is 6. The number of nitrogens with one attached hydrogen (secondary N) is 1. The van der Waals surface area contributed by atoms with E-state index in [1.807, 2.05) is 37.5 Å². The maximum Gasteiger partial charge on any atom is 0.260 e. The predicted molar refractivity (Wildman–Crippen MR) is 118 cm³/mol. The van der Waals surface area contributed by atoms with Crippen molar-refractivity contribution in [2.75, 3.05) is 20.0 Å². The fraction of sp³-hybridized carbons (Fsp3) is 0.333. The summed E-state index contributed by atoms with van der Waals surface area (Å²) in [6.07, 6.45) is 7.16. The van der Waals surface area contributed by atoms with Gasteiger partial charge < -0.3 is 14.5 Å². The minimum atomic E-state index is -0.0383. The molecule has 1 aliphatic rings. The number of benzene rings is 1. The van der Waals surface area contributed by atoms with Gasteiger partial charge in [-0.2, -0.15) is 0 Å². The van der Waals surface area contributed by atoms with Gasteiger partial charge in [0.1, 0.15) is 10.7 Å². The number of fused-ring (bicyclic) bond motifs is 3. The van der Waals surface area contributed by atoms with Gasteiger partial charge in [0.25, 0.3) is 5.56 Å². The first-order chi connectivity index (χ1) is 13.6. The third-order valence-corrected chi connectivity index (χ3v) is 6.75. The minimum absolute atomic E-state index is 0.0383. The van der Waals surface area contributed by atoms with Gasteiger partial charge in [-0.05, 0) is 61.8 Å². The lowest BCUT2D eigenvalue weighted by atomic mass is 10.1. The second-order valence-corrected chi connectivity index (χ2v) is 8.44. The Kier molecular flexibility index (Phi) is 5.46. The average molecular weight is 415 g/mol. The standard InChI is InChI=1S/C21H22N2O3S2/c1-4-26-14-9-8-12(10-15(14)25-2)11-17(27-3)19-22-20(24)18-13-6-5-7-16(13)28-21(18)23-19/h8-11H,4-7H2,1-3H3,(H,22,23,24)/b17-11-. The van der Waals surface area contributed by atoms with Gasteiger partial charge in [-0.25, -0.2) is 4.98 Å². The highest BCUT2D eigenvalue weighted by Gasteiger charge is 2.21. The van der Waals surface area contributed by atoms with E-state index in [1.165, 1.54) is 10.4 Å². The molecule has 0 radical (unpaired) electrons. The smallest absolute Gasteiger partial charge is 0.260 e. The van der Waals surface area contributed by atoms with Crippen LogP contribution in [0.3, 0.4) is 0 Å². The second-order valence-electron chi connectivity index (χ2n) is 6.51. The van der Waals surface area contributed by atoms with Gasteiger partial charge in [0.2, 0.25) is 0 Å². The number of methoxy groups -OCH3 is 1. The molecule has 0 saturated carbocycles. The number of rotatable bonds is 6. The highest BCUT2D eigenvalue weighted by Crippen LogP contribution is 2.36. The summed E-state index contributed by atoms with van der Waals surface area (Å²) in [5.74, 6) is 2.01. The minimum Gasteiger partial charge on any atom is -0.493 e. The van der Waals surface area contributed by atoms with Crippen molar-refractivity contribution >= 4 is 44.3 Å². The van der Waals surface area contributed by atoms with Crippen molar-refractivity contribution in [1.82, 2.24) is 9.97 Å². The number of ether oxygens (including phenoxy) is 2. The summed E-state index contributed by atoms with van der Waals surface area (Å²) in [6, 6.07) is 5.80. The van der Waals surface area contributed by atoms with Crippen molar-refractivity contribution in [3.63, 3.8) is 0 Å². The van der Waals surface area contributed by atoms with Crippen LogP contribution in [0.15, 0.2) is 23.0 Å². The monoisotopic (exact) mass is 414 g/mol. The SMILES string of the molecule is CCOc1ccc(/C=C(\SC)c2nc3sc4c(c3c(=O)[nH]2)CCC4)cc1OC. The molecule has 0 atom stereocenters. The molecule has 7 heteroatoms. The first-order valence-electron chi connectivity index (χ1n) is 9.26. The molecular formula is C21H22N2O3S2. The number of H-pyrrole nitrogens is 1. The van der Waals surface area contributed by atoms with Crippen LogP contribution in [0.25, 0.3) is 21.2 Å². The molecule has 3 aromatic rings. The van der Waals surface area contributed by atoms with Crippen LogP contribution in [0.4, 0.5) is 0 Å². The van der Waals surface area contributed by atoms with Gasteiger partial charge in [0, 0.05) is 4.88 Å². The Morgan fingerprint density at radius 3 is 2.96 bits per heavy atom. The van der Waals surface area contributed by atoms with E-state index in [0.717, 1.165) is 39.9 Å². The summed E-state index contributed by atoms with van der Waals surface area (Å²) in [5.41, 5.74) is 2.12. The molecule has 2 aromatic heterocycles. The van der Waals surface area contributed by atoms with Gasteiger partial charge in [0.15, 0.2) is 11.5 Å². The number of aromatic nitrogens is 2. The number of hydrogen-bond donors (Lipinski definition) is 1. The lowest BCUT2D eigenvalue weighted by Gasteiger charge is -2.10. The summed E-state index contributed by atoms with van der Waals surface area (Å²) < 4.78 is 11.0. The van der Waals surface area contributed by atoms with Crippen LogP contribution in [0.2, 0.25) is 0 Å². The van der Waals surface area contributed by atoms with Crippen molar-refractivity contribution in [3.8, 4) is 11.5 Å². The maximum atomic E-state index is 12.7. The van der Waals surface area contributed by atoms with Crippen LogP contribution in [0.5, 0.6) is 11.5 Å². The first-order valence-corrected chi connectivity index (χ1v) is 11.3. The van der Waals surface area contributed by atoms with Gasteiger partial charge in [-0.1, -0.05) is 6.07 Å². The molecule has 0 spiro atoms. The van der Waals surface area contributed by atoms with E-state index in [-0.39, 0.29) is 5.56 Å². The number of aryl methyl sites for hydroxylation is 2. The van der Waals surface area contributed by atoms with E-state index < -0.39 is 0 Å². The average Bonchev–Trinajstić information content (AvgIpc) is 3.27. The van der Waals surface area contributed by atoms with Crippen molar-refractivity contribution in [3.05, 3.63) is 50.4 Å². The highest BCUT2D eigenvalue weighted by atomic mass is 32.2. The molecule has 5 nitrogen and oxygen atoms in total. The van der Waals surface area contributed by atoms with E-state index in [0.29, 0.717) is 23.9 Å². The predicted octanol–water partition coefficient (Wildman–Crippen LogP) is 4.74. The molecule has 0 aliphatic heterocycles. The molecular weight excluding hydrogens is 392 g/mol. The molecule has 2 heterocycles. The molecule has 0 unspecified atom stereocenters. The summed E-state index contributed by atoms with van der Waals surface area (Å²) in [6.45, 7) is 2.52. The largest absolute Gasteiger partial charge is 0.493 e. The Morgan fingerprint density at radius 2 is 2.21 bits per heavy atom. The Hall–Kier alpha value is -2.25. The fourth-order valence-electron chi connectivity index (χ4n) is 3.54. The third-order valence-electron chi connectivity index (χ3n) is 4.81. The van der Waals surface area contributed by atoms with E-state index in [2.05, 4.69) is 4.98 Å². The topological polar surface area (TPSA) is 64.2 Å². The van der Waals surface area contributed by atoms with Crippen molar-refractivity contribution in [1.29, 1.82) is 0 Å². The van der Waals surface area contributed by atoms with Crippen molar-refractivity contribution in [2.24, 2.45) is 0 Å². The van der Waals surface area contributed by atoms with E-state index in [1.54, 1.807) is 30.2 Å². The molecule has 0 bridgehead atoms. The Labute approximate surface area is 171 Å². The lowest BCUT2D eigenvalue weighted by Crippen LogP contribution is -2.11. The summed E-state index contributed by atoms with van der Waals surface area (Å²) in [4.78, 5) is 23.6. The van der Waals surface area contributed by atoms with Crippen molar-refractivity contribution in [2.45, 2.75) is 26.2 Å². The van der Waals surface area contributed by atoms with Crippen LogP contribution in [-0.2, 0) is 12.8 Å². The van der Waals surface area contributed by atoms with Crippen LogP contribution in [0, 0.1) is 0 Å². The zero-order chi connectivity index (χ0) is 19.7. The molecule has 4 rings (SSSR count). The maximum absolute atomic E-state index is 12.7. The fourth-order valence-corrected chi connectivity index (χ4v) is 5.35. The molecule has 0 fully saturated rings. The Bertz CT molecular complexity index is 1110. The first kappa shape index (κ1) is 19.1. The Morgan fingerprint density at radius 1 is 1.36 bits per heavy atom. The number of thiophene rings is 1. The molecule has 146 valence electrons.